The Morgan fingerprint density at radius 3 is 1.75 bits per heavy atom. The molecule has 0 spiro atoms. The molecule has 0 amide bonds. The molecule has 0 unspecified atom stereocenters. The number of hydrogen-bond donors (Lipinski definition) is 0. The topological polar surface area (TPSA) is 35.5 Å². The Kier molecular flexibility index (Phi) is 2.48. The minimum absolute atomic E-state index is 0.141. The number of aldehydes is 1. The highest BCUT2D eigenvalue weighted by Gasteiger charge is 2.69. The van der Waals surface area contributed by atoms with Crippen LogP contribution < -0.4 is 0 Å². The molecule has 0 aromatic carbocycles. The minimum Gasteiger partial charge on any atom is -0.351 e. The van der Waals surface area contributed by atoms with Gasteiger partial charge in [0.2, 0.25) is 0 Å². The number of hydrogen-bond acceptors (Lipinski definition) is 3. The second-order valence-corrected chi connectivity index (χ2v) is 6.68. The van der Waals surface area contributed by atoms with Crippen molar-refractivity contribution >= 4 is 6.29 Å². The molecule has 1 saturated heterocycles. The molecule has 0 bridgehead atoms. The Hall–Kier alpha value is -0.410. The van der Waals surface area contributed by atoms with Crippen molar-refractivity contribution in [2.75, 3.05) is 13.2 Å². The fourth-order valence-electron chi connectivity index (χ4n) is 2.82. The van der Waals surface area contributed by atoms with Crippen LogP contribution in [0.2, 0.25) is 0 Å². The van der Waals surface area contributed by atoms with Crippen molar-refractivity contribution in [3.63, 3.8) is 0 Å². The predicted octanol–water partition coefficient (Wildman–Crippen LogP) is 2.25. The summed E-state index contributed by atoms with van der Waals surface area (Å²) in [6.07, 6.45) is 0.796. The normalized spacial score (nSPS) is 41.7. The maximum Gasteiger partial charge on any atom is 0.161 e. The third-order valence-corrected chi connectivity index (χ3v) is 4.84. The Bertz CT molecular complexity index is 284. The molecule has 1 aliphatic carbocycles. The van der Waals surface area contributed by atoms with Crippen LogP contribution in [0, 0.1) is 22.2 Å². The summed E-state index contributed by atoms with van der Waals surface area (Å²) in [6.45, 7) is 11.8. The Balaban J connectivity index is 2.00. The van der Waals surface area contributed by atoms with E-state index in [-0.39, 0.29) is 17.1 Å². The van der Waals surface area contributed by atoms with Crippen molar-refractivity contribution in [2.45, 2.75) is 40.9 Å². The lowest BCUT2D eigenvalue weighted by molar-refractivity contribution is -0.232. The van der Waals surface area contributed by atoms with Gasteiger partial charge < -0.3 is 14.3 Å². The van der Waals surface area contributed by atoms with E-state index >= 15 is 0 Å². The monoisotopic (exact) mass is 226 g/mol. The molecule has 2 rings (SSSR count). The van der Waals surface area contributed by atoms with Crippen molar-refractivity contribution in [3.8, 4) is 0 Å². The molecular formula is C13H22O3. The highest BCUT2D eigenvalue weighted by molar-refractivity contribution is 5.59. The standard InChI is InChI=1S/C13H22O3/c1-11(2)9(12(11,3)4)10-15-7-13(5,6-14)8-16-10/h6,9-10H,7-8H2,1-5H3. The smallest absolute Gasteiger partial charge is 0.161 e. The molecule has 0 aromatic heterocycles. The van der Waals surface area contributed by atoms with Gasteiger partial charge in [0, 0.05) is 5.92 Å². The second kappa shape index (κ2) is 3.30. The first kappa shape index (κ1) is 12.1. The average molecular weight is 226 g/mol. The van der Waals surface area contributed by atoms with Gasteiger partial charge in [0.1, 0.15) is 6.29 Å². The molecule has 0 atom stereocenters. The molecule has 1 aliphatic heterocycles. The molecule has 92 valence electrons. The summed E-state index contributed by atoms with van der Waals surface area (Å²) >= 11 is 0. The zero-order valence-electron chi connectivity index (χ0n) is 10.9. The molecule has 1 saturated carbocycles. The van der Waals surface area contributed by atoms with Crippen LogP contribution in [0.5, 0.6) is 0 Å². The fourth-order valence-corrected chi connectivity index (χ4v) is 2.82. The van der Waals surface area contributed by atoms with Crippen LogP contribution in [0.25, 0.3) is 0 Å². The van der Waals surface area contributed by atoms with Crippen LogP contribution in [-0.4, -0.2) is 25.8 Å². The SMILES string of the molecule is CC1(C=O)COC(C2C(C)(C)C2(C)C)OC1. The molecule has 2 aliphatic rings. The third-order valence-electron chi connectivity index (χ3n) is 4.84. The number of carbonyl (C=O) groups excluding carboxylic acids is 1. The van der Waals surface area contributed by atoms with Gasteiger partial charge in [0.25, 0.3) is 0 Å². The summed E-state index contributed by atoms with van der Waals surface area (Å²) in [5.74, 6) is 0.427. The fraction of sp³-hybridized carbons (Fsp3) is 0.923. The van der Waals surface area contributed by atoms with Crippen molar-refractivity contribution in [3.05, 3.63) is 0 Å². The first-order valence-electron chi connectivity index (χ1n) is 5.94. The van der Waals surface area contributed by atoms with Crippen molar-refractivity contribution in [2.24, 2.45) is 22.2 Å². The van der Waals surface area contributed by atoms with Gasteiger partial charge >= 0.3 is 0 Å². The molecular weight excluding hydrogens is 204 g/mol. The van der Waals surface area contributed by atoms with E-state index in [1.54, 1.807) is 0 Å². The summed E-state index contributed by atoms with van der Waals surface area (Å²) in [6, 6.07) is 0. The predicted molar refractivity (Wildman–Crippen MR) is 60.9 cm³/mol. The summed E-state index contributed by atoms with van der Waals surface area (Å²) < 4.78 is 11.5. The summed E-state index contributed by atoms with van der Waals surface area (Å²) in [5.41, 5.74) is 0.0544. The van der Waals surface area contributed by atoms with Crippen LogP contribution in [0.1, 0.15) is 34.6 Å². The summed E-state index contributed by atoms with van der Waals surface area (Å²) in [5, 5.41) is 0. The van der Waals surface area contributed by atoms with Gasteiger partial charge in [-0.05, 0) is 17.8 Å². The van der Waals surface area contributed by atoms with Gasteiger partial charge in [-0.25, -0.2) is 0 Å². The van der Waals surface area contributed by atoms with Crippen LogP contribution in [0.3, 0.4) is 0 Å². The van der Waals surface area contributed by atoms with E-state index < -0.39 is 5.41 Å². The van der Waals surface area contributed by atoms with Crippen LogP contribution in [0.15, 0.2) is 0 Å². The van der Waals surface area contributed by atoms with E-state index in [2.05, 4.69) is 27.7 Å². The second-order valence-electron chi connectivity index (χ2n) is 6.68. The van der Waals surface area contributed by atoms with Gasteiger partial charge in [0.15, 0.2) is 6.29 Å². The molecule has 16 heavy (non-hydrogen) atoms. The molecule has 2 fully saturated rings. The van der Waals surface area contributed by atoms with Crippen LogP contribution in [0.4, 0.5) is 0 Å². The van der Waals surface area contributed by atoms with E-state index in [9.17, 15) is 4.79 Å². The van der Waals surface area contributed by atoms with Gasteiger partial charge in [0.05, 0.1) is 18.6 Å². The number of rotatable bonds is 2. The van der Waals surface area contributed by atoms with E-state index in [0.29, 0.717) is 19.1 Å². The Labute approximate surface area is 97.5 Å². The third kappa shape index (κ3) is 1.52. The molecule has 0 N–H and O–H groups in total. The van der Waals surface area contributed by atoms with Crippen molar-refractivity contribution in [1.29, 1.82) is 0 Å². The maximum absolute atomic E-state index is 10.9. The minimum atomic E-state index is -0.459. The van der Waals surface area contributed by atoms with Crippen molar-refractivity contribution in [1.82, 2.24) is 0 Å². The number of carbonyl (C=O) groups is 1. The van der Waals surface area contributed by atoms with E-state index in [0.717, 1.165) is 6.29 Å². The molecule has 1 heterocycles. The van der Waals surface area contributed by atoms with Crippen molar-refractivity contribution < 1.29 is 14.3 Å². The molecule has 3 nitrogen and oxygen atoms in total. The average Bonchev–Trinajstić information content (AvgIpc) is 2.60. The summed E-state index contributed by atoms with van der Waals surface area (Å²) in [7, 11) is 0. The lowest BCUT2D eigenvalue weighted by atomic mass is 9.94. The maximum atomic E-state index is 10.9. The van der Waals surface area contributed by atoms with Gasteiger partial charge in [-0.2, -0.15) is 0 Å². The van der Waals surface area contributed by atoms with E-state index in [4.69, 9.17) is 9.47 Å². The van der Waals surface area contributed by atoms with Crippen LogP contribution >= 0.6 is 0 Å². The molecule has 0 radical (unpaired) electrons. The quantitative estimate of drug-likeness (QED) is 0.677. The van der Waals surface area contributed by atoms with Gasteiger partial charge in [-0.1, -0.05) is 27.7 Å². The number of ether oxygens (including phenoxy) is 2. The van der Waals surface area contributed by atoms with E-state index in [1.807, 2.05) is 6.92 Å². The molecule has 3 heteroatoms. The van der Waals surface area contributed by atoms with Crippen LogP contribution in [-0.2, 0) is 14.3 Å². The largest absolute Gasteiger partial charge is 0.351 e. The Morgan fingerprint density at radius 1 is 1.00 bits per heavy atom. The lowest BCUT2D eigenvalue weighted by Gasteiger charge is -2.34. The molecule has 0 aromatic rings. The zero-order chi connectivity index (χ0) is 12.2. The zero-order valence-corrected chi connectivity index (χ0v) is 10.9. The Morgan fingerprint density at radius 2 is 1.44 bits per heavy atom. The van der Waals surface area contributed by atoms with Gasteiger partial charge in [-0.15, -0.1) is 0 Å². The first-order valence-corrected chi connectivity index (χ1v) is 5.94. The summed E-state index contributed by atoms with van der Waals surface area (Å²) in [4.78, 5) is 10.9. The van der Waals surface area contributed by atoms with Gasteiger partial charge in [-0.3, -0.25) is 0 Å². The van der Waals surface area contributed by atoms with E-state index in [1.165, 1.54) is 0 Å². The first-order chi connectivity index (χ1) is 7.24. The lowest BCUT2D eigenvalue weighted by Crippen LogP contribution is -2.42. The highest BCUT2D eigenvalue weighted by Crippen LogP contribution is 2.70. The highest BCUT2D eigenvalue weighted by atomic mass is 16.7.